The Morgan fingerprint density at radius 2 is 2.19 bits per heavy atom. The lowest BCUT2D eigenvalue weighted by molar-refractivity contribution is 0.0490. The molecule has 0 radical (unpaired) electrons. The predicted octanol–water partition coefficient (Wildman–Crippen LogP) is 3.29. The number of hydrogen-bond acceptors (Lipinski definition) is 4. The number of aromatic nitrogens is 1. The fourth-order valence-electron chi connectivity index (χ4n) is 2.28. The summed E-state index contributed by atoms with van der Waals surface area (Å²) in [5.41, 5.74) is 1.04. The minimum Gasteiger partial charge on any atom is -0.477 e. The highest BCUT2D eigenvalue weighted by atomic mass is 35.5. The maximum absolute atomic E-state index is 6.19. The first-order valence-electron chi connectivity index (χ1n) is 7.71. The van der Waals surface area contributed by atoms with Crippen molar-refractivity contribution < 1.29 is 9.47 Å². The summed E-state index contributed by atoms with van der Waals surface area (Å²) in [6.45, 7) is 8.47. The molecule has 21 heavy (non-hydrogen) atoms. The Kier molecular flexibility index (Phi) is 6.74. The van der Waals surface area contributed by atoms with Crippen molar-refractivity contribution in [2.45, 2.75) is 33.2 Å². The number of nitrogens with one attached hydrogen (secondary N) is 1. The first-order valence-corrected chi connectivity index (χ1v) is 8.08. The average Bonchev–Trinajstić information content (AvgIpc) is 2.48. The van der Waals surface area contributed by atoms with Crippen LogP contribution in [0.25, 0.3) is 0 Å². The summed E-state index contributed by atoms with van der Waals surface area (Å²) in [7, 11) is 0. The van der Waals surface area contributed by atoms with Gasteiger partial charge in [-0.1, -0.05) is 25.4 Å². The number of pyridine rings is 1. The van der Waals surface area contributed by atoms with Crippen molar-refractivity contribution in [3.63, 3.8) is 0 Å². The van der Waals surface area contributed by atoms with Crippen molar-refractivity contribution >= 4 is 11.6 Å². The Morgan fingerprint density at radius 1 is 1.43 bits per heavy atom. The number of halogens is 1. The van der Waals surface area contributed by atoms with Gasteiger partial charge in [0, 0.05) is 32.0 Å². The lowest BCUT2D eigenvalue weighted by Crippen LogP contribution is -2.22. The van der Waals surface area contributed by atoms with Gasteiger partial charge in [0.1, 0.15) is 0 Å². The van der Waals surface area contributed by atoms with E-state index in [2.05, 4.69) is 24.1 Å². The average molecular weight is 313 g/mol. The van der Waals surface area contributed by atoms with E-state index >= 15 is 0 Å². The van der Waals surface area contributed by atoms with Gasteiger partial charge < -0.3 is 14.8 Å². The summed E-state index contributed by atoms with van der Waals surface area (Å²) in [4.78, 5) is 4.25. The van der Waals surface area contributed by atoms with Gasteiger partial charge in [-0.25, -0.2) is 4.98 Å². The van der Waals surface area contributed by atoms with Gasteiger partial charge in [-0.2, -0.15) is 0 Å². The summed E-state index contributed by atoms with van der Waals surface area (Å²) < 4.78 is 11.2. The zero-order valence-electron chi connectivity index (χ0n) is 12.9. The van der Waals surface area contributed by atoms with Gasteiger partial charge in [0.25, 0.3) is 0 Å². The molecule has 0 unspecified atom stereocenters. The summed E-state index contributed by atoms with van der Waals surface area (Å²) in [6.07, 6.45) is 3.81. The van der Waals surface area contributed by atoms with Gasteiger partial charge >= 0.3 is 0 Å². The largest absolute Gasteiger partial charge is 0.477 e. The maximum atomic E-state index is 6.19. The number of ether oxygens (including phenoxy) is 2. The van der Waals surface area contributed by atoms with E-state index in [-0.39, 0.29) is 0 Å². The summed E-state index contributed by atoms with van der Waals surface area (Å²) in [6, 6.07) is 1.94. The second kappa shape index (κ2) is 8.57. The molecule has 118 valence electrons. The SMILES string of the molecule is CC(C)CNCc1cc(OCC2CCOCC2)ncc1Cl. The van der Waals surface area contributed by atoms with Crippen LogP contribution in [-0.2, 0) is 11.3 Å². The molecule has 0 bridgehead atoms. The molecule has 4 nitrogen and oxygen atoms in total. The Labute approximate surface area is 132 Å². The van der Waals surface area contributed by atoms with Crippen LogP contribution in [0, 0.1) is 11.8 Å². The van der Waals surface area contributed by atoms with Crippen molar-refractivity contribution in [2.24, 2.45) is 11.8 Å². The van der Waals surface area contributed by atoms with Crippen molar-refractivity contribution in [1.82, 2.24) is 10.3 Å². The topological polar surface area (TPSA) is 43.4 Å². The molecule has 1 aliphatic heterocycles. The normalized spacial score (nSPS) is 16.4. The molecule has 0 saturated carbocycles. The van der Waals surface area contributed by atoms with Crippen LogP contribution in [0.15, 0.2) is 12.3 Å². The van der Waals surface area contributed by atoms with Crippen LogP contribution in [0.3, 0.4) is 0 Å². The number of nitrogens with zero attached hydrogens (tertiary/aromatic N) is 1. The second-order valence-electron chi connectivity index (χ2n) is 6.01. The standard InChI is InChI=1S/C16H25ClN2O2/c1-12(2)8-18-9-14-7-16(19-10-15(14)17)21-11-13-3-5-20-6-4-13/h7,10,12-13,18H,3-6,8-9,11H2,1-2H3. The number of rotatable bonds is 7. The van der Waals surface area contributed by atoms with E-state index in [4.69, 9.17) is 21.1 Å². The van der Waals surface area contributed by atoms with Gasteiger partial charge in [-0.3, -0.25) is 0 Å². The molecule has 2 rings (SSSR count). The minimum absolute atomic E-state index is 0.568. The molecular formula is C16H25ClN2O2. The van der Waals surface area contributed by atoms with E-state index in [0.29, 0.717) is 29.3 Å². The third-order valence-electron chi connectivity index (χ3n) is 3.59. The molecule has 0 spiro atoms. The molecule has 1 fully saturated rings. The van der Waals surface area contributed by atoms with E-state index in [9.17, 15) is 0 Å². The highest BCUT2D eigenvalue weighted by Gasteiger charge is 2.15. The Balaban J connectivity index is 1.84. The van der Waals surface area contributed by atoms with E-state index < -0.39 is 0 Å². The van der Waals surface area contributed by atoms with Gasteiger partial charge in [0.2, 0.25) is 5.88 Å². The third kappa shape index (κ3) is 5.81. The van der Waals surface area contributed by atoms with Gasteiger partial charge in [0.15, 0.2) is 0 Å². The van der Waals surface area contributed by atoms with Crippen LogP contribution in [-0.4, -0.2) is 31.3 Å². The van der Waals surface area contributed by atoms with Crippen molar-refractivity contribution in [3.05, 3.63) is 22.8 Å². The smallest absolute Gasteiger partial charge is 0.213 e. The summed E-state index contributed by atoms with van der Waals surface area (Å²) in [5.74, 6) is 1.85. The van der Waals surface area contributed by atoms with Crippen molar-refractivity contribution in [3.8, 4) is 5.88 Å². The van der Waals surface area contributed by atoms with E-state index in [1.165, 1.54) is 0 Å². The highest BCUT2D eigenvalue weighted by Crippen LogP contribution is 2.21. The van der Waals surface area contributed by atoms with Crippen LogP contribution in [0.1, 0.15) is 32.3 Å². The molecule has 0 aliphatic carbocycles. The molecule has 5 heteroatoms. The Bertz CT molecular complexity index is 434. The van der Waals surface area contributed by atoms with Crippen molar-refractivity contribution in [2.75, 3.05) is 26.4 Å². The lowest BCUT2D eigenvalue weighted by Gasteiger charge is -2.21. The fourth-order valence-corrected chi connectivity index (χ4v) is 2.45. The highest BCUT2D eigenvalue weighted by molar-refractivity contribution is 6.31. The van der Waals surface area contributed by atoms with Crippen LogP contribution >= 0.6 is 11.6 Å². The lowest BCUT2D eigenvalue weighted by atomic mass is 10.0. The maximum Gasteiger partial charge on any atom is 0.213 e. The molecule has 1 saturated heterocycles. The first-order chi connectivity index (χ1) is 10.1. The van der Waals surface area contributed by atoms with Crippen molar-refractivity contribution in [1.29, 1.82) is 0 Å². The molecule has 1 aromatic heterocycles. The van der Waals surface area contributed by atoms with Crippen LogP contribution in [0.5, 0.6) is 5.88 Å². The first kappa shape index (κ1) is 16.5. The fraction of sp³-hybridized carbons (Fsp3) is 0.688. The zero-order valence-corrected chi connectivity index (χ0v) is 13.7. The van der Waals surface area contributed by atoms with E-state index in [1.54, 1.807) is 6.20 Å². The summed E-state index contributed by atoms with van der Waals surface area (Å²) in [5, 5.41) is 4.08. The van der Waals surface area contributed by atoms with Gasteiger partial charge in [-0.15, -0.1) is 0 Å². The predicted molar refractivity (Wildman–Crippen MR) is 84.8 cm³/mol. The molecule has 0 amide bonds. The molecule has 1 aliphatic rings. The second-order valence-corrected chi connectivity index (χ2v) is 6.41. The van der Waals surface area contributed by atoms with Gasteiger partial charge in [-0.05, 0) is 36.8 Å². The Hall–Kier alpha value is -0.840. The monoisotopic (exact) mass is 312 g/mol. The molecule has 1 N–H and O–H groups in total. The van der Waals surface area contributed by atoms with E-state index in [1.807, 2.05) is 6.07 Å². The van der Waals surface area contributed by atoms with Gasteiger partial charge in [0.05, 0.1) is 11.6 Å². The van der Waals surface area contributed by atoms with Crippen LogP contribution in [0.4, 0.5) is 0 Å². The Morgan fingerprint density at radius 3 is 2.90 bits per heavy atom. The number of hydrogen-bond donors (Lipinski definition) is 1. The third-order valence-corrected chi connectivity index (χ3v) is 3.93. The molecular weight excluding hydrogens is 288 g/mol. The quantitative estimate of drug-likeness (QED) is 0.839. The van der Waals surface area contributed by atoms with E-state index in [0.717, 1.165) is 44.7 Å². The van der Waals surface area contributed by atoms with Crippen LogP contribution in [0.2, 0.25) is 5.02 Å². The molecule has 1 aromatic rings. The molecule has 0 aromatic carbocycles. The minimum atomic E-state index is 0.568. The molecule has 2 heterocycles. The summed E-state index contributed by atoms with van der Waals surface area (Å²) >= 11 is 6.19. The molecule has 0 atom stereocenters. The zero-order chi connectivity index (χ0) is 15.1. The van der Waals surface area contributed by atoms with Crippen LogP contribution < -0.4 is 10.1 Å².